The van der Waals surface area contributed by atoms with E-state index in [4.69, 9.17) is 9.47 Å². The molecule has 2 heterocycles. The first-order valence-corrected chi connectivity index (χ1v) is 10.4. The number of carbonyl (C=O) groups is 2. The van der Waals surface area contributed by atoms with E-state index < -0.39 is 11.8 Å². The molecule has 0 unspecified atom stereocenters. The van der Waals surface area contributed by atoms with Gasteiger partial charge >= 0.3 is 5.97 Å². The van der Waals surface area contributed by atoms with Crippen molar-refractivity contribution in [3.05, 3.63) is 83.1 Å². The van der Waals surface area contributed by atoms with Gasteiger partial charge in [-0.1, -0.05) is 5.21 Å². The second-order valence-corrected chi connectivity index (χ2v) is 7.19. The van der Waals surface area contributed by atoms with E-state index in [-0.39, 0.29) is 24.7 Å². The van der Waals surface area contributed by atoms with Crippen molar-refractivity contribution in [2.45, 2.75) is 20.5 Å². The van der Waals surface area contributed by atoms with Crippen molar-refractivity contribution < 1.29 is 23.5 Å². The number of aromatic nitrogens is 5. The van der Waals surface area contributed by atoms with Crippen LogP contribution in [0, 0.1) is 12.7 Å². The first-order chi connectivity index (χ1) is 16.5. The fourth-order valence-corrected chi connectivity index (χ4v) is 3.19. The van der Waals surface area contributed by atoms with Crippen LogP contribution in [-0.2, 0) is 11.3 Å². The Bertz CT molecular complexity index is 1320. The molecule has 4 rings (SSSR count). The van der Waals surface area contributed by atoms with Crippen LogP contribution in [0.2, 0.25) is 0 Å². The van der Waals surface area contributed by atoms with E-state index in [1.54, 1.807) is 44.3 Å². The quantitative estimate of drug-likeness (QED) is 0.288. The molecule has 0 amide bonds. The Kier molecular flexibility index (Phi) is 6.67. The largest absolute Gasteiger partial charge is 0.487 e. The van der Waals surface area contributed by atoms with E-state index in [0.29, 0.717) is 34.0 Å². The molecule has 0 aliphatic heterocycles. The standard InChI is InChI=1S/C24H20FN5O4/c1-3-33-23(32)21-15(2)26-24(27-22(21)17-6-8-18(25)9-7-17)30-12-19(28-29-30)14-34-20-10-4-16(13-31)5-11-20/h4-13H,3,14H2,1-2H3. The van der Waals surface area contributed by atoms with Crippen molar-refractivity contribution in [1.29, 1.82) is 0 Å². The molecule has 0 aliphatic carbocycles. The van der Waals surface area contributed by atoms with Crippen molar-refractivity contribution in [1.82, 2.24) is 25.0 Å². The Morgan fingerprint density at radius 2 is 1.82 bits per heavy atom. The SMILES string of the molecule is CCOC(=O)c1c(C)nc(-n2cc(COc3ccc(C=O)cc3)nn2)nc1-c1ccc(F)cc1. The molecule has 9 nitrogen and oxygen atoms in total. The van der Waals surface area contributed by atoms with Crippen molar-refractivity contribution in [3.8, 4) is 23.0 Å². The van der Waals surface area contributed by atoms with Crippen LogP contribution in [0.3, 0.4) is 0 Å². The summed E-state index contributed by atoms with van der Waals surface area (Å²) in [7, 11) is 0. The minimum absolute atomic E-state index is 0.130. The summed E-state index contributed by atoms with van der Waals surface area (Å²) in [4.78, 5) is 32.3. The highest BCUT2D eigenvalue weighted by molar-refractivity contribution is 5.97. The highest BCUT2D eigenvalue weighted by Gasteiger charge is 2.22. The van der Waals surface area contributed by atoms with Gasteiger partial charge in [-0.05, 0) is 62.4 Å². The predicted molar refractivity (Wildman–Crippen MR) is 119 cm³/mol. The predicted octanol–water partition coefficient (Wildman–Crippen LogP) is 3.74. The first-order valence-electron chi connectivity index (χ1n) is 10.4. The number of aldehydes is 1. The lowest BCUT2D eigenvalue weighted by atomic mass is 10.0. The maximum Gasteiger partial charge on any atom is 0.342 e. The van der Waals surface area contributed by atoms with Crippen LogP contribution in [0.15, 0.2) is 54.7 Å². The number of nitrogens with zero attached hydrogens (tertiary/aromatic N) is 5. The van der Waals surface area contributed by atoms with Crippen LogP contribution < -0.4 is 4.74 Å². The number of carbonyl (C=O) groups excluding carboxylic acids is 2. The third-order valence-corrected chi connectivity index (χ3v) is 4.82. The topological polar surface area (TPSA) is 109 Å². The zero-order valence-corrected chi connectivity index (χ0v) is 18.4. The average molecular weight is 461 g/mol. The van der Waals surface area contributed by atoms with Crippen LogP contribution in [-0.4, -0.2) is 43.8 Å². The summed E-state index contributed by atoms with van der Waals surface area (Å²) in [5, 5.41) is 8.15. The zero-order chi connectivity index (χ0) is 24.1. The molecule has 0 atom stereocenters. The summed E-state index contributed by atoms with van der Waals surface area (Å²) in [6.07, 6.45) is 2.36. The molecule has 172 valence electrons. The van der Waals surface area contributed by atoms with Crippen LogP contribution in [0.1, 0.15) is 39.0 Å². The second kappa shape index (κ2) is 9.99. The Balaban J connectivity index is 1.64. The maximum absolute atomic E-state index is 13.5. The van der Waals surface area contributed by atoms with Gasteiger partial charge in [0, 0.05) is 11.1 Å². The highest BCUT2D eigenvalue weighted by Crippen LogP contribution is 2.26. The van der Waals surface area contributed by atoms with E-state index in [1.165, 1.54) is 28.9 Å². The van der Waals surface area contributed by atoms with E-state index in [1.807, 2.05) is 0 Å². The number of halogens is 1. The van der Waals surface area contributed by atoms with Gasteiger partial charge in [-0.2, -0.15) is 4.68 Å². The third kappa shape index (κ3) is 4.96. The zero-order valence-electron chi connectivity index (χ0n) is 18.4. The van der Waals surface area contributed by atoms with Crippen LogP contribution in [0.5, 0.6) is 5.75 Å². The molecular formula is C24H20FN5O4. The van der Waals surface area contributed by atoms with Gasteiger partial charge in [0.1, 0.15) is 35.7 Å². The van der Waals surface area contributed by atoms with Gasteiger partial charge in [-0.25, -0.2) is 19.2 Å². The molecule has 0 saturated heterocycles. The minimum atomic E-state index is -0.570. The third-order valence-electron chi connectivity index (χ3n) is 4.82. The lowest BCUT2D eigenvalue weighted by Crippen LogP contribution is -2.14. The minimum Gasteiger partial charge on any atom is -0.487 e. The van der Waals surface area contributed by atoms with Gasteiger partial charge in [-0.3, -0.25) is 4.79 Å². The molecule has 0 fully saturated rings. The molecule has 0 saturated carbocycles. The molecule has 0 aliphatic rings. The van der Waals surface area contributed by atoms with E-state index in [0.717, 1.165) is 6.29 Å². The normalized spacial score (nSPS) is 10.7. The van der Waals surface area contributed by atoms with Gasteiger partial charge in [-0.15, -0.1) is 5.10 Å². The Labute approximate surface area is 194 Å². The summed E-state index contributed by atoms with van der Waals surface area (Å²) < 4.78 is 25.7. The van der Waals surface area contributed by atoms with Crippen molar-refractivity contribution in [2.24, 2.45) is 0 Å². The van der Waals surface area contributed by atoms with E-state index in [9.17, 15) is 14.0 Å². The summed E-state index contributed by atoms with van der Waals surface area (Å²) >= 11 is 0. The monoisotopic (exact) mass is 461 g/mol. The number of ether oxygens (including phenoxy) is 2. The second-order valence-electron chi connectivity index (χ2n) is 7.19. The average Bonchev–Trinajstić information content (AvgIpc) is 3.32. The fraction of sp³-hybridized carbons (Fsp3) is 0.167. The molecule has 0 N–H and O–H groups in total. The smallest absolute Gasteiger partial charge is 0.342 e. The molecule has 34 heavy (non-hydrogen) atoms. The summed E-state index contributed by atoms with van der Waals surface area (Å²) in [6, 6.07) is 12.3. The fourth-order valence-electron chi connectivity index (χ4n) is 3.19. The molecule has 2 aromatic carbocycles. The molecule has 2 aromatic heterocycles. The molecule has 0 bridgehead atoms. The molecule has 0 radical (unpaired) electrons. The Morgan fingerprint density at radius 3 is 2.50 bits per heavy atom. The highest BCUT2D eigenvalue weighted by atomic mass is 19.1. The van der Waals surface area contributed by atoms with Gasteiger partial charge in [0.15, 0.2) is 0 Å². The van der Waals surface area contributed by atoms with Gasteiger partial charge in [0.05, 0.1) is 24.2 Å². The summed E-state index contributed by atoms with van der Waals surface area (Å²) in [5.41, 5.74) is 2.46. The Morgan fingerprint density at radius 1 is 1.09 bits per heavy atom. The first kappa shape index (κ1) is 22.7. The number of hydrogen-bond acceptors (Lipinski definition) is 8. The number of benzene rings is 2. The number of esters is 1. The number of aryl methyl sites for hydroxylation is 1. The molecule has 10 heteroatoms. The van der Waals surface area contributed by atoms with Crippen LogP contribution in [0.4, 0.5) is 4.39 Å². The number of rotatable bonds is 8. The lowest BCUT2D eigenvalue weighted by Gasteiger charge is -2.12. The number of hydrogen-bond donors (Lipinski definition) is 0. The molecule has 4 aromatic rings. The van der Waals surface area contributed by atoms with Crippen molar-refractivity contribution >= 4 is 12.3 Å². The summed E-state index contributed by atoms with van der Waals surface area (Å²) in [5.74, 6) is -0.225. The van der Waals surface area contributed by atoms with Crippen molar-refractivity contribution in [2.75, 3.05) is 6.61 Å². The maximum atomic E-state index is 13.5. The van der Waals surface area contributed by atoms with E-state index in [2.05, 4.69) is 20.3 Å². The Hall–Kier alpha value is -4.47. The van der Waals surface area contributed by atoms with Gasteiger partial charge in [0.25, 0.3) is 5.95 Å². The van der Waals surface area contributed by atoms with Gasteiger partial charge < -0.3 is 9.47 Å². The van der Waals surface area contributed by atoms with Gasteiger partial charge in [0.2, 0.25) is 0 Å². The molecule has 0 spiro atoms. The van der Waals surface area contributed by atoms with Crippen LogP contribution >= 0.6 is 0 Å². The lowest BCUT2D eigenvalue weighted by molar-refractivity contribution is 0.0525. The summed E-state index contributed by atoms with van der Waals surface area (Å²) in [6.45, 7) is 3.68. The van der Waals surface area contributed by atoms with Crippen LogP contribution in [0.25, 0.3) is 17.2 Å². The van der Waals surface area contributed by atoms with Crippen molar-refractivity contribution in [3.63, 3.8) is 0 Å². The molecular weight excluding hydrogens is 441 g/mol. The van der Waals surface area contributed by atoms with E-state index >= 15 is 0 Å².